The van der Waals surface area contributed by atoms with Crippen LogP contribution in [0.1, 0.15) is 36.4 Å². The maximum absolute atomic E-state index is 4.55. The van der Waals surface area contributed by atoms with Gasteiger partial charge in [-0.05, 0) is 45.1 Å². The molecule has 2 fully saturated rings. The Balaban J connectivity index is 0.00000133. The molecule has 1 aromatic heterocycles. The Bertz CT molecular complexity index is 384. The Labute approximate surface area is 126 Å². The number of piperidine rings is 1. The highest BCUT2D eigenvalue weighted by Gasteiger charge is 2.24. The molecule has 1 saturated carbocycles. The average Bonchev–Trinajstić information content (AvgIpc) is 3.12. The summed E-state index contributed by atoms with van der Waals surface area (Å²) in [5.74, 6) is 1.00. The second-order valence-corrected chi connectivity index (χ2v) is 6.73. The summed E-state index contributed by atoms with van der Waals surface area (Å²) in [5.41, 5.74) is 1.16. The minimum Gasteiger partial charge on any atom is -0.314 e. The predicted molar refractivity (Wildman–Crippen MR) is 83.1 cm³/mol. The summed E-state index contributed by atoms with van der Waals surface area (Å²) in [6.45, 7) is 6.83. The standard InChI is InChI=1S/C14H23N3S.ClH/c1-11-10-18-14(16-11)9-17-6-4-13(5-7-17)15-8-12-2-3-12;/h10,12-13,15H,2-9H2,1H3;1H. The highest BCUT2D eigenvalue weighted by molar-refractivity contribution is 7.09. The van der Waals surface area contributed by atoms with Crippen LogP contribution in [-0.2, 0) is 6.54 Å². The molecule has 1 saturated heterocycles. The summed E-state index contributed by atoms with van der Waals surface area (Å²) in [7, 11) is 0. The molecule has 0 radical (unpaired) electrons. The van der Waals surface area contributed by atoms with Crippen molar-refractivity contribution in [3.63, 3.8) is 0 Å². The van der Waals surface area contributed by atoms with Gasteiger partial charge in [0.05, 0.1) is 6.54 Å². The lowest BCUT2D eigenvalue weighted by Gasteiger charge is -2.31. The molecule has 2 heterocycles. The summed E-state index contributed by atoms with van der Waals surface area (Å²) in [6, 6.07) is 0.764. The van der Waals surface area contributed by atoms with Crippen LogP contribution in [0.5, 0.6) is 0 Å². The van der Waals surface area contributed by atoms with Crippen LogP contribution in [0.3, 0.4) is 0 Å². The number of halogens is 1. The molecule has 1 N–H and O–H groups in total. The number of aromatic nitrogens is 1. The number of aryl methyl sites for hydroxylation is 1. The minimum absolute atomic E-state index is 0. The van der Waals surface area contributed by atoms with E-state index < -0.39 is 0 Å². The molecule has 0 aromatic carbocycles. The smallest absolute Gasteiger partial charge is 0.107 e. The number of nitrogens with one attached hydrogen (secondary N) is 1. The van der Waals surface area contributed by atoms with Gasteiger partial charge < -0.3 is 5.32 Å². The van der Waals surface area contributed by atoms with Crippen molar-refractivity contribution < 1.29 is 0 Å². The van der Waals surface area contributed by atoms with E-state index in [-0.39, 0.29) is 12.4 Å². The summed E-state index contributed by atoms with van der Waals surface area (Å²) in [5, 5.41) is 7.16. The summed E-state index contributed by atoms with van der Waals surface area (Å²) in [4.78, 5) is 7.10. The SMILES string of the molecule is Cc1csc(CN2CCC(NCC3CC3)CC2)n1.Cl. The topological polar surface area (TPSA) is 28.2 Å². The average molecular weight is 302 g/mol. The van der Waals surface area contributed by atoms with Crippen molar-refractivity contribution in [2.45, 2.75) is 45.2 Å². The lowest BCUT2D eigenvalue weighted by atomic mass is 10.0. The fourth-order valence-electron chi connectivity index (χ4n) is 2.62. The summed E-state index contributed by atoms with van der Waals surface area (Å²) in [6.07, 6.45) is 5.51. The Morgan fingerprint density at radius 1 is 1.32 bits per heavy atom. The summed E-state index contributed by atoms with van der Waals surface area (Å²) < 4.78 is 0. The van der Waals surface area contributed by atoms with Crippen LogP contribution in [0.2, 0.25) is 0 Å². The van der Waals surface area contributed by atoms with Crippen LogP contribution in [-0.4, -0.2) is 35.6 Å². The molecule has 2 aliphatic rings. The number of likely N-dealkylation sites (tertiary alicyclic amines) is 1. The van der Waals surface area contributed by atoms with Crippen LogP contribution in [0.25, 0.3) is 0 Å². The number of hydrogen-bond acceptors (Lipinski definition) is 4. The van der Waals surface area contributed by atoms with Crippen molar-refractivity contribution in [1.82, 2.24) is 15.2 Å². The van der Waals surface area contributed by atoms with E-state index in [0.29, 0.717) is 0 Å². The van der Waals surface area contributed by atoms with E-state index >= 15 is 0 Å². The van der Waals surface area contributed by atoms with Crippen molar-refractivity contribution >= 4 is 23.7 Å². The number of nitrogens with zero attached hydrogens (tertiary/aromatic N) is 2. The van der Waals surface area contributed by atoms with Gasteiger partial charge in [-0.25, -0.2) is 4.98 Å². The van der Waals surface area contributed by atoms with E-state index in [0.717, 1.165) is 24.2 Å². The third-order valence-electron chi connectivity index (χ3n) is 4.01. The van der Waals surface area contributed by atoms with E-state index in [1.807, 2.05) is 0 Å². The molecule has 0 amide bonds. The molecule has 108 valence electrons. The van der Waals surface area contributed by atoms with Gasteiger partial charge in [-0.15, -0.1) is 23.7 Å². The van der Waals surface area contributed by atoms with Gasteiger partial charge in [0.25, 0.3) is 0 Å². The molecule has 19 heavy (non-hydrogen) atoms. The van der Waals surface area contributed by atoms with Crippen LogP contribution in [0, 0.1) is 12.8 Å². The van der Waals surface area contributed by atoms with Crippen molar-refractivity contribution in [2.24, 2.45) is 5.92 Å². The van der Waals surface area contributed by atoms with Crippen LogP contribution >= 0.6 is 23.7 Å². The fraction of sp³-hybridized carbons (Fsp3) is 0.786. The molecule has 0 spiro atoms. The maximum Gasteiger partial charge on any atom is 0.107 e. The van der Waals surface area contributed by atoms with Gasteiger partial charge >= 0.3 is 0 Å². The third-order valence-corrected chi connectivity index (χ3v) is 4.96. The van der Waals surface area contributed by atoms with Gasteiger partial charge in [0.15, 0.2) is 0 Å². The van der Waals surface area contributed by atoms with Gasteiger partial charge in [-0.3, -0.25) is 4.90 Å². The Morgan fingerprint density at radius 2 is 2.05 bits per heavy atom. The first-order chi connectivity index (χ1) is 8.79. The quantitative estimate of drug-likeness (QED) is 0.906. The number of rotatable bonds is 5. The first-order valence-corrected chi connectivity index (χ1v) is 8.04. The molecule has 0 bridgehead atoms. The minimum atomic E-state index is 0. The van der Waals surface area contributed by atoms with Gasteiger partial charge in [0.2, 0.25) is 0 Å². The molecule has 1 aliphatic carbocycles. The molecule has 1 aliphatic heterocycles. The van der Waals surface area contributed by atoms with E-state index in [4.69, 9.17) is 0 Å². The first kappa shape index (κ1) is 15.2. The predicted octanol–water partition coefficient (Wildman–Crippen LogP) is 2.84. The van der Waals surface area contributed by atoms with Crippen molar-refractivity contribution in [3.05, 3.63) is 16.1 Å². The molecular weight excluding hydrogens is 278 g/mol. The molecular formula is C14H24ClN3S. The van der Waals surface area contributed by atoms with Gasteiger partial charge in [-0.1, -0.05) is 0 Å². The molecule has 0 atom stereocenters. The van der Waals surface area contributed by atoms with E-state index in [9.17, 15) is 0 Å². The second-order valence-electron chi connectivity index (χ2n) is 5.78. The second kappa shape index (κ2) is 7.02. The van der Waals surface area contributed by atoms with E-state index in [2.05, 4.69) is 27.5 Å². The number of thiazole rings is 1. The third kappa shape index (κ3) is 4.71. The zero-order valence-electron chi connectivity index (χ0n) is 11.6. The lowest BCUT2D eigenvalue weighted by Crippen LogP contribution is -2.42. The van der Waals surface area contributed by atoms with E-state index in [1.165, 1.54) is 50.3 Å². The fourth-order valence-corrected chi connectivity index (χ4v) is 3.43. The monoisotopic (exact) mass is 301 g/mol. The zero-order chi connectivity index (χ0) is 12.4. The first-order valence-electron chi connectivity index (χ1n) is 7.16. The van der Waals surface area contributed by atoms with Crippen LogP contribution in [0.15, 0.2) is 5.38 Å². The number of hydrogen-bond donors (Lipinski definition) is 1. The molecule has 3 rings (SSSR count). The van der Waals surface area contributed by atoms with Crippen LogP contribution < -0.4 is 5.32 Å². The molecule has 3 nitrogen and oxygen atoms in total. The van der Waals surface area contributed by atoms with Crippen molar-refractivity contribution in [2.75, 3.05) is 19.6 Å². The van der Waals surface area contributed by atoms with Crippen LogP contribution in [0.4, 0.5) is 0 Å². The molecule has 1 aromatic rings. The zero-order valence-corrected chi connectivity index (χ0v) is 13.2. The van der Waals surface area contributed by atoms with Crippen molar-refractivity contribution in [3.8, 4) is 0 Å². The van der Waals surface area contributed by atoms with Gasteiger partial charge in [0, 0.05) is 30.2 Å². The normalized spacial score (nSPS) is 21.3. The van der Waals surface area contributed by atoms with Crippen molar-refractivity contribution in [1.29, 1.82) is 0 Å². The highest BCUT2D eigenvalue weighted by Crippen LogP contribution is 2.28. The summed E-state index contributed by atoms with van der Waals surface area (Å²) >= 11 is 1.80. The highest BCUT2D eigenvalue weighted by atomic mass is 35.5. The Hall–Kier alpha value is -0.160. The van der Waals surface area contributed by atoms with E-state index in [1.54, 1.807) is 11.3 Å². The molecule has 0 unspecified atom stereocenters. The molecule has 5 heteroatoms. The largest absolute Gasteiger partial charge is 0.314 e. The Kier molecular flexibility index (Phi) is 5.63. The Morgan fingerprint density at radius 3 is 2.63 bits per heavy atom. The van der Waals surface area contributed by atoms with Gasteiger partial charge in [0.1, 0.15) is 5.01 Å². The maximum atomic E-state index is 4.55. The lowest BCUT2D eigenvalue weighted by molar-refractivity contribution is 0.190. The van der Waals surface area contributed by atoms with Gasteiger partial charge in [-0.2, -0.15) is 0 Å².